The normalized spacial score (nSPS) is 10.8. The molecule has 0 fully saturated rings. The number of carbonyl (C=O) groups is 1. The monoisotopic (exact) mass is 267 g/mol. The predicted molar refractivity (Wildman–Crippen MR) is 67.3 cm³/mol. The molecule has 0 radical (unpaired) electrons. The fraction of sp³-hybridized carbons (Fsp3) is 0.400. The largest absolute Gasteiger partial charge is 0.481 e. The van der Waals surface area contributed by atoms with Crippen molar-refractivity contribution in [2.75, 3.05) is 11.9 Å². The Balaban J connectivity index is 2.20. The number of aromatic amines is 2. The molecular weight excluding hydrogens is 254 g/mol. The quantitative estimate of drug-likeness (QED) is 0.525. The zero-order valence-electron chi connectivity index (χ0n) is 10.2. The standard InChI is InChI=1S/C10H13N5O4/c1-15-7-6(8(18)14-10(15)19)12-9(13-7)11-4-2-3-5(16)17/h2-4H2,1H3,(H,16,17)(H2,11,12,13)(H,14,18,19). The van der Waals surface area contributed by atoms with Gasteiger partial charge in [0, 0.05) is 20.0 Å². The summed E-state index contributed by atoms with van der Waals surface area (Å²) in [6.07, 6.45) is 0.480. The van der Waals surface area contributed by atoms with Gasteiger partial charge in [-0.05, 0) is 6.42 Å². The fourth-order valence-electron chi connectivity index (χ4n) is 1.63. The van der Waals surface area contributed by atoms with Gasteiger partial charge in [0.1, 0.15) is 0 Å². The molecule has 9 heteroatoms. The van der Waals surface area contributed by atoms with E-state index in [1.165, 1.54) is 11.6 Å². The summed E-state index contributed by atoms with van der Waals surface area (Å²) >= 11 is 0. The Morgan fingerprint density at radius 2 is 2.16 bits per heavy atom. The highest BCUT2D eigenvalue weighted by Crippen LogP contribution is 2.07. The fourth-order valence-corrected chi connectivity index (χ4v) is 1.63. The molecule has 0 atom stereocenters. The number of hydrogen-bond donors (Lipinski definition) is 4. The summed E-state index contributed by atoms with van der Waals surface area (Å²) in [5.41, 5.74) is -0.636. The van der Waals surface area contributed by atoms with Gasteiger partial charge in [-0.3, -0.25) is 19.1 Å². The Labute approximate surface area is 106 Å². The number of rotatable bonds is 5. The molecule has 0 amide bonds. The van der Waals surface area contributed by atoms with Crippen LogP contribution in [0.15, 0.2) is 9.59 Å². The minimum absolute atomic E-state index is 0.0479. The Bertz CT molecular complexity index is 726. The Morgan fingerprint density at radius 3 is 2.84 bits per heavy atom. The molecule has 2 aromatic heterocycles. The van der Waals surface area contributed by atoms with E-state index in [4.69, 9.17) is 5.11 Å². The molecule has 0 aromatic carbocycles. The molecule has 102 valence electrons. The molecule has 0 bridgehead atoms. The number of nitrogens with zero attached hydrogens (tertiary/aromatic N) is 2. The van der Waals surface area contributed by atoms with Gasteiger partial charge < -0.3 is 15.4 Å². The molecule has 0 aliphatic rings. The minimum atomic E-state index is -0.870. The molecule has 0 aliphatic heterocycles. The van der Waals surface area contributed by atoms with Crippen molar-refractivity contribution in [2.45, 2.75) is 12.8 Å². The summed E-state index contributed by atoms with van der Waals surface area (Å²) in [6, 6.07) is 0. The van der Waals surface area contributed by atoms with Crippen molar-refractivity contribution in [3.8, 4) is 0 Å². The maximum atomic E-state index is 11.5. The SMILES string of the molecule is Cn1c(=O)[nH]c(=O)c2[nH]c(NCCCC(=O)O)nc21. The maximum absolute atomic E-state index is 11.5. The molecule has 2 aromatic rings. The van der Waals surface area contributed by atoms with Crippen LogP contribution in [0.2, 0.25) is 0 Å². The number of aromatic nitrogens is 4. The number of H-pyrrole nitrogens is 2. The van der Waals surface area contributed by atoms with Gasteiger partial charge in [0.25, 0.3) is 5.56 Å². The van der Waals surface area contributed by atoms with E-state index in [1.807, 2.05) is 0 Å². The molecule has 0 spiro atoms. The van der Waals surface area contributed by atoms with E-state index in [9.17, 15) is 14.4 Å². The lowest BCUT2D eigenvalue weighted by molar-refractivity contribution is -0.137. The highest BCUT2D eigenvalue weighted by molar-refractivity contribution is 5.72. The van der Waals surface area contributed by atoms with Gasteiger partial charge in [0.15, 0.2) is 11.2 Å². The van der Waals surface area contributed by atoms with Gasteiger partial charge in [0.05, 0.1) is 0 Å². The van der Waals surface area contributed by atoms with Crippen LogP contribution in [-0.2, 0) is 11.8 Å². The van der Waals surface area contributed by atoms with Gasteiger partial charge in [-0.15, -0.1) is 0 Å². The van der Waals surface area contributed by atoms with E-state index in [0.29, 0.717) is 18.9 Å². The third-order valence-electron chi connectivity index (χ3n) is 2.61. The summed E-state index contributed by atoms with van der Waals surface area (Å²) < 4.78 is 1.22. The van der Waals surface area contributed by atoms with Gasteiger partial charge in [-0.2, -0.15) is 4.98 Å². The Kier molecular flexibility index (Phi) is 3.36. The first-order valence-electron chi connectivity index (χ1n) is 5.63. The van der Waals surface area contributed by atoms with Crippen molar-refractivity contribution in [1.82, 2.24) is 19.5 Å². The van der Waals surface area contributed by atoms with Crippen molar-refractivity contribution >= 4 is 23.1 Å². The van der Waals surface area contributed by atoms with Crippen molar-refractivity contribution in [2.24, 2.45) is 7.05 Å². The number of hydrogen-bond acceptors (Lipinski definition) is 5. The number of carboxylic acids is 1. The molecule has 4 N–H and O–H groups in total. The van der Waals surface area contributed by atoms with Gasteiger partial charge in [-0.1, -0.05) is 0 Å². The molecule has 0 saturated carbocycles. The summed E-state index contributed by atoms with van der Waals surface area (Å²) in [5.74, 6) is -0.544. The van der Waals surface area contributed by atoms with Crippen LogP contribution in [0.4, 0.5) is 5.95 Å². The molecular formula is C10H13N5O4. The molecule has 2 heterocycles. The number of nitrogens with one attached hydrogen (secondary N) is 3. The Hall–Kier alpha value is -2.58. The smallest absolute Gasteiger partial charge is 0.329 e. The predicted octanol–water partition coefficient (Wildman–Crippen LogP) is -0.773. The second kappa shape index (κ2) is 4.96. The van der Waals surface area contributed by atoms with Crippen LogP contribution in [0, 0.1) is 0 Å². The van der Waals surface area contributed by atoms with Crippen LogP contribution in [0.1, 0.15) is 12.8 Å². The van der Waals surface area contributed by atoms with E-state index in [-0.39, 0.29) is 17.6 Å². The molecule has 0 aliphatic carbocycles. The summed E-state index contributed by atoms with van der Waals surface area (Å²) in [6.45, 7) is 0.401. The second-order valence-corrected chi connectivity index (χ2v) is 4.03. The number of aryl methyl sites for hydroxylation is 1. The van der Waals surface area contributed by atoms with Crippen LogP contribution in [0.3, 0.4) is 0 Å². The lowest BCUT2D eigenvalue weighted by Crippen LogP contribution is -2.28. The zero-order chi connectivity index (χ0) is 14.0. The van der Waals surface area contributed by atoms with Crippen LogP contribution in [0.25, 0.3) is 11.2 Å². The van der Waals surface area contributed by atoms with E-state index < -0.39 is 17.2 Å². The highest BCUT2D eigenvalue weighted by atomic mass is 16.4. The van der Waals surface area contributed by atoms with Crippen molar-refractivity contribution in [3.05, 3.63) is 20.8 Å². The topological polar surface area (TPSA) is 133 Å². The third-order valence-corrected chi connectivity index (χ3v) is 2.61. The number of carboxylic acid groups (broad SMARTS) is 1. The van der Waals surface area contributed by atoms with Crippen molar-refractivity contribution in [1.29, 1.82) is 0 Å². The highest BCUT2D eigenvalue weighted by Gasteiger charge is 2.10. The van der Waals surface area contributed by atoms with Crippen LogP contribution in [0.5, 0.6) is 0 Å². The number of aliphatic carboxylic acids is 1. The minimum Gasteiger partial charge on any atom is -0.481 e. The first-order valence-corrected chi connectivity index (χ1v) is 5.63. The zero-order valence-corrected chi connectivity index (χ0v) is 10.2. The summed E-state index contributed by atoms with van der Waals surface area (Å²) in [7, 11) is 1.50. The summed E-state index contributed by atoms with van der Waals surface area (Å²) in [5, 5.41) is 11.4. The molecule has 19 heavy (non-hydrogen) atoms. The van der Waals surface area contributed by atoms with E-state index in [1.54, 1.807) is 0 Å². The van der Waals surface area contributed by atoms with Crippen LogP contribution >= 0.6 is 0 Å². The summed E-state index contributed by atoms with van der Waals surface area (Å²) in [4.78, 5) is 42.2. The van der Waals surface area contributed by atoms with E-state index in [2.05, 4.69) is 20.3 Å². The molecule has 0 unspecified atom stereocenters. The number of imidazole rings is 1. The second-order valence-electron chi connectivity index (χ2n) is 4.03. The van der Waals surface area contributed by atoms with Gasteiger partial charge in [-0.25, -0.2) is 4.79 Å². The molecule has 0 saturated heterocycles. The first-order chi connectivity index (χ1) is 8.99. The number of fused-ring (bicyclic) bond motifs is 1. The van der Waals surface area contributed by atoms with Crippen molar-refractivity contribution in [3.63, 3.8) is 0 Å². The third kappa shape index (κ3) is 2.64. The van der Waals surface area contributed by atoms with Crippen LogP contribution in [-0.4, -0.2) is 37.1 Å². The van der Waals surface area contributed by atoms with Crippen molar-refractivity contribution < 1.29 is 9.90 Å². The van der Waals surface area contributed by atoms with E-state index >= 15 is 0 Å². The number of anilines is 1. The van der Waals surface area contributed by atoms with E-state index in [0.717, 1.165) is 0 Å². The Morgan fingerprint density at radius 1 is 1.42 bits per heavy atom. The lowest BCUT2D eigenvalue weighted by Gasteiger charge is -1.99. The molecule has 2 rings (SSSR count). The van der Waals surface area contributed by atoms with Crippen LogP contribution < -0.4 is 16.6 Å². The lowest BCUT2D eigenvalue weighted by atomic mass is 10.3. The first kappa shape index (κ1) is 12.9. The maximum Gasteiger partial charge on any atom is 0.329 e. The average molecular weight is 267 g/mol. The molecule has 9 nitrogen and oxygen atoms in total. The average Bonchev–Trinajstić information content (AvgIpc) is 2.76. The van der Waals surface area contributed by atoms with Gasteiger partial charge in [0.2, 0.25) is 5.95 Å². The van der Waals surface area contributed by atoms with Gasteiger partial charge >= 0.3 is 11.7 Å².